The van der Waals surface area contributed by atoms with Gasteiger partial charge in [0, 0.05) is 39.1 Å². The van der Waals surface area contributed by atoms with Crippen molar-refractivity contribution in [3.63, 3.8) is 0 Å². The number of aliphatic imine (C=N–C) groups is 1. The van der Waals surface area contributed by atoms with E-state index in [2.05, 4.69) is 20.6 Å². The molecule has 0 aliphatic carbocycles. The van der Waals surface area contributed by atoms with Crippen LogP contribution in [0.1, 0.15) is 11.1 Å². The molecule has 21 heavy (non-hydrogen) atoms. The van der Waals surface area contributed by atoms with Gasteiger partial charge in [0.2, 0.25) is 0 Å². The summed E-state index contributed by atoms with van der Waals surface area (Å²) >= 11 is 0. The van der Waals surface area contributed by atoms with Crippen LogP contribution in [0.15, 0.2) is 41.9 Å². The zero-order valence-electron chi connectivity index (χ0n) is 12.3. The molecule has 1 aromatic carbocycles. The van der Waals surface area contributed by atoms with Crippen LogP contribution >= 0.6 is 0 Å². The number of hydrogen-bond donors (Lipinski definition) is 2. The van der Waals surface area contributed by atoms with Gasteiger partial charge < -0.3 is 15.2 Å². The van der Waals surface area contributed by atoms with E-state index in [1.54, 1.807) is 38.6 Å². The minimum Gasteiger partial charge on any atom is -0.355 e. The average Bonchev–Trinajstić information content (AvgIpc) is 2.99. The largest absolute Gasteiger partial charge is 0.355 e. The van der Waals surface area contributed by atoms with Gasteiger partial charge in [-0.1, -0.05) is 12.1 Å². The van der Waals surface area contributed by atoms with Gasteiger partial charge in [0.05, 0.1) is 6.33 Å². The molecule has 2 rings (SSSR count). The zero-order chi connectivity index (χ0) is 15.1. The van der Waals surface area contributed by atoms with Crippen molar-refractivity contribution in [1.82, 2.24) is 20.2 Å². The van der Waals surface area contributed by atoms with Crippen LogP contribution < -0.4 is 10.6 Å². The van der Waals surface area contributed by atoms with Crippen molar-refractivity contribution >= 4 is 5.96 Å². The molecule has 0 fully saturated rings. The third kappa shape index (κ3) is 4.59. The monoisotopic (exact) mass is 289 g/mol. The highest BCUT2D eigenvalue weighted by Gasteiger charge is 2.01. The standard InChI is InChI=1S/C15H20FN5/c1-12-3-4-13(9-14(12)16)10-20-15(17-2)19-6-8-21-7-5-18-11-21/h3-5,7,9,11H,6,8,10H2,1-2H3,(H2,17,19,20). The van der Waals surface area contributed by atoms with Crippen molar-refractivity contribution in [2.75, 3.05) is 13.6 Å². The first-order valence-electron chi connectivity index (χ1n) is 6.84. The summed E-state index contributed by atoms with van der Waals surface area (Å²) in [5.74, 6) is 0.508. The van der Waals surface area contributed by atoms with Crippen LogP contribution in [0.3, 0.4) is 0 Å². The molecule has 5 nitrogen and oxygen atoms in total. The van der Waals surface area contributed by atoms with Crippen molar-refractivity contribution in [2.24, 2.45) is 4.99 Å². The van der Waals surface area contributed by atoms with Crippen LogP contribution in [0.2, 0.25) is 0 Å². The second kappa shape index (κ2) is 7.42. The van der Waals surface area contributed by atoms with Gasteiger partial charge >= 0.3 is 0 Å². The summed E-state index contributed by atoms with van der Waals surface area (Å²) in [6.45, 7) is 3.82. The molecule has 0 spiro atoms. The second-order valence-electron chi connectivity index (χ2n) is 4.74. The van der Waals surface area contributed by atoms with Gasteiger partial charge in [0.15, 0.2) is 5.96 Å². The third-order valence-electron chi connectivity index (χ3n) is 3.14. The van der Waals surface area contributed by atoms with E-state index < -0.39 is 0 Å². The Morgan fingerprint density at radius 1 is 1.38 bits per heavy atom. The highest BCUT2D eigenvalue weighted by atomic mass is 19.1. The number of guanidine groups is 1. The fraction of sp³-hybridized carbons (Fsp3) is 0.333. The molecule has 0 amide bonds. The minimum absolute atomic E-state index is 0.183. The van der Waals surface area contributed by atoms with E-state index in [-0.39, 0.29) is 5.82 Å². The Bertz CT molecular complexity index is 592. The molecule has 0 radical (unpaired) electrons. The molecule has 0 saturated heterocycles. The van der Waals surface area contributed by atoms with Crippen molar-refractivity contribution in [3.8, 4) is 0 Å². The van der Waals surface area contributed by atoms with E-state index in [1.807, 2.05) is 16.8 Å². The molecule has 0 unspecified atom stereocenters. The summed E-state index contributed by atoms with van der Waals surface area (Å²) in [5.41, 5.74) is 1.54. The molecular weight excluding hydrogens is 269 g/mol. The lowest BCUT2D eigenvalue weighted by Gasteiger charge is -2.12. The zero-order valence-corrected chi connectivity index (χ0v) is 12.3. The average molecular weight is 289 g/mol. The predicted octanol–water partition coefficient (Wildman–Crippen LogP) is 1.70. The van der Waals surface area contributed by atoms with Crippen molar-refractivity contribution in [3.05, 3.63) is 53.9 Å². The highest BCUT2D eigenvalue weighted by Crippen LogP contribution is 2.08. The van der Waals surface area contributed by atoms with Crippen LogP contribution in [0, 0.1) is 12.7 Å². The molecule has 2 aromatic rings. The second-order valence-corrected chi connectivity index (χ2v) is 4.74. The molecule has 1 heterocycles. The van der Waals surface area contributed by atoms with Gasteiger partial charge in [-0.05, 0) is 24.1 Å². The quantitative estimate of drug-likeness (QED) is 0.650. The molecule has 0 saturated carbocycles. The summed E-state index contributed by atoms with van der Waals surface area (Å²) in [4.78, 5) is 8.12. The van der Waals surface area contributed by atoms with E-state index in [0.717, 1.165) is 18.7 Å². The molecule has 0 atom stereocenters. The maximum absolute atomic E-state index is 13.5. The third-order valence-corrected chi connectivity index (χ3v) is 3.14. The Labute approximate surface area is 123 Å². The van der Waals surface area contributed by atoms with Crippen LogP contribution in [-0.4, -0.2) is 29.1 Å². The van der Waals surface area contributed by atoms with Gasteiger partial charge in [-0.2, -0.15) is 0 Å². The Morgan fingerprint density at radius 3 is 2.90 bits per heavy atom. The van der Waals surface area contributed by atoms with Crippen molar-refractivity contribution < 1.29 is 4.39 Å². The first-order valence-corrected chi connectivity index (χ1v) is 6.84. The van der Waals surface area contributed by atoms with E-state index in [9.17, 15) is 4.39 Å². The van der Waals surface area contributed by atoms with Crippen molar-refractivity contribution in [2.45, 2.75) is 20.0 Å². The Morgan fingerprint density at radius 2 is 2.24 bits per heavy atom. The lowest BCUT2D eigenvalue weighted by Crippen LogP contribution is -2.38. The maximum atomic E-state index is 13.5. The summed E-state index contributed by atoms with van der Waals surface area (Å²) in [7, 11) is 1.71. The highest BCUT2D eigenvalue weighted by molar-refractivity contribution is 5.79. The minimum atomic E-state index is -0.183. The first kappa shape index (κ1) is 15.0. The van der Waals surface area contributed by atoms with Crippen molar-refractivity contribution in [1.29, 1.82) is 0 Å². The number of benzene rings is 1. The lowest BCUT2D eigenvalue weighted by molar-refractivity contribution is 0.615. The summed E-state index contributed by atoms with van der Waals surface area (Å²) in [6, 6.07) is 5.23. The molecule has 0 aliphatic heterocycles. The topological polar surface area (TPSA) is 54.2 Å². The normalized spacial score (nSPS) is 11.5. The summed E-state index contributed by atoms with van der Waals surface area (Å²) < 4.78 is 15.4. The van der Waals surface area contributed by atoms with E-state index in [4.69, 9.17) is 0 Å². The molecule has 6 heteroatoms. The maximum Gasteiger partial charge on any atom is 0.191 e. The number of nitrogens with one attached hydrogen (secondary N) is 2. The molecule has 0 aliphatic rings. The van der Waals surface area contributed by atoms with Gasteiger partial charge in [-0.25, -0.2) is 9.37 Å². The Hall–Kier alpha value is -2.37. The van der Waals surface area contributed by atoms with Gasteiger partial charge in [-0.3, -0.25) is 4.99 Å². The number of rotatable bonds is 5. The predicted molar refractivity (Wildman–Crippen MR) is 81.6 cm³/mol. The smallest absolute Gasteiger partial charge is 0.191 e. The van der Waals surface area contributed by atoms with Crippen LogP contribution in [0.5, 0.6) is 0 Å². The number of hydrogen-bond acceptors (Lipinski definition) is 2. The number of aromatic nitrogens is 2. The van der Waals surface area contributed by atoms with Crippen LogP contribution in [0.4, 0.5) is 4.39 Å². The molecule has 0 bridgehead atoms. The molecule has 1 aromatic heterocycles. The molecular formula is C15H20FN5. The summed E-state index contributed by atoms with van der Waals surface area (Å²) in [5, 5.41) is 6.36. The number of halogens is 1. The van der Waals surface area contributed by atoms with Gasteiger partial charge in [0.1, 0.15) is 5.82 Å². The number of aryl methyl sites for hydroxylation is 1. The Kier molecular flexibility index (Phi) is 5.31. The fourth-order valence-corrected chi connectivity index (χ4v) is 1.88. The van der Waals surface area contributed by atoms with E-state index in [1.165, 1.54) is 0 Å². The fourth-order valence-electron chi connectivity index (χ4n) is 1.88. The Balaban J connectivity index is 1.78. The molecule has 112 valence electrons. The van der Waals surface area contributed by atoms with Crippen LogP contribution in [-0.2, 0) is 13.1 Å². The van der Waals surface area contributed by atoms with E-state index >= 15 is 0 Å². The number of imidazole rings is 1. The van der Waals surface area contributed by atoms with Gasteiger partial charge in [0.25, 0.3) is 0 Å². The summed E-state index contributed by atoms with van der Waals surface area (Å²) in [6.07, 6.45) is 5.43. The van der Waals surface area contributed by atoms with Gasteiger partial charge in [-0.15, -0.1) is 0 Å². The lowest BCUT2D eigenvalue weighted by atomic mass is 10.1. The first-order chi connectivity index (χ1) is 10.2. The molecule has 2 N–H and O–H groups in total. The SMILES string of the molecule is CN=C(NCCn1ccnc1)NCc1ccc(C)c(F)c1. The van der Waals surface area contributed by atoms with E-state index in [0.29, 0.717) is 18.1 Å². The number of nitrogens with zero attached hydrogens (tertiary/aromatic N) is 3. The van der Waals surface area contributed by atoms with Crippen LogP contribution in [0.25, 0.3) is 0 Å².